The second-order valence-electron chi connectivity index (χ2n) is 4.21. The highest BCUT2D eigenvalue weighted by Crippen LogP contribution is 2.28. The van der Waals surface area contributed by atoms with Crippen molar-refractivity contribution < 1.29 is 14.3 Å². The van der Waals surface area contributed by atoms with Crippen LogP contribution in [0.3, 0.4) is 0 Å². The van der Waals surface area contributed by atoms with E-state index >= 15 is 0 Å². The van der Waals surface area contributed by atoms with Gasteiger partial charge in [-0.15, -0.1) is 0 Å². The lowest BCUT2D eigenvalue weighted by Gasteiger charge is -2.12. The molecule has 88 valence electrons. The van der Waals surface area contributed by atoms with Crippen molar-refractivity contribution in [3.8, 4) is 0 Å². The molecule has 0 unspecified atom stereocenters. The van der Waals surface area contributed by atoms with Crippen LogP contribution in [0.4, 0.5) is 4.39 Å². The van der Waals surface area contributed by atoms with Gasteiger partial charge in [0.15, 0.2) is 0 Å². The molecule has 1 N–H and O–H groups in total. The largest absolute Gasteiger partial charge is 0.478 e. The molecule has 0 spiro atoms. The average Bonchev–Trinajstić information content (AvgIpc) is 2.26. The Morgan fingerprint density at radius 3 is 2.71 bits per heavy atom. The van der Waals surface area contributed by atoms with Gasteiger partial charge in [-0.05, 0) is 23.6 Å². The van der Waals surface area contributed by atoms with E-state index in [9.17, 15) is 9.18 Å². The molecule has 1 heterocycles. The van der Waals surface area contributed by atoms with Gasteiger partial charge in [0.25, 0.3) is 0 Å². The first-order valence-electron chi connectivity index (χ1n) is 5.32. The van der Waals surface area contributed by atoms with Crippen LogP contribution in [0.2, 0.25) is 0 Å². The number of benzene rings is 1. The number of fused-ring (bicyclic) bond motifs is 1. The summed E-state index contributed by atoms with van der Waals surface area (Å²) in [6.07, 6.45) is 1.29. The van der Waals surface area contributed by atoms with Crippen molar-refractivity contribution in [3.63, 3.8) is 0 Å². The van der Waals surface area contributed by atoms with Gasteiger partial charge in [-0.1, -0.05) is 13.8 Å². The molecule has 1 aromatic heterocycles. The molecule has 2 aromatic rings. The Hall–Kier alpha value is -1.97. The molecule has 2 rings (SSSR count). The molecular formula is C13H12FNO2. The molecule has 0 saturated carbocycles. The lowest BCUT2D eigenvalue weighted by Crippen LogP contribution is -2.06. The Morgan fingerprint density at radius 2 is 2.12 bits per heavy atom. The first-order valence-corrected chi connectivity index (χ1v) is 5.32. The molecule has 0 saturated heterocycles. The number of carboxylic acid groups (broad SMARTS) is 1. The van der Waals surface area contributed by atoms with Gasteiger partial charge in [0.1, 0.15) is 5.82 Å². The third-order valence-corrected chi connectivity index (χ3v) is 2.68. The Kier molecular flexibility index (Phi) is 2.79. The smallest absolute Gasteiger partial charge is 0.337 e. The fraction of sp³-hybridized carbons (Fsp3) is 0.231. The number of rotatable bonds is 2. The first kappa shape index (κ1) is 11.5. The van der Waals surface area contributed by atoms with Crippen LogP contribution in [0.25, 0.3) is 10.9 Å². The monoisotopic (exact) mass is 233 g/mol. The molecule has 0 bridgehead atoms. The van der Waals surface area contributed by atoms with E-state index in [1.807, 2.05) is 13.8 Å². The maximum absolute atomic E-state index is 13.1. The number of carbonyl (C=O) groups is 1. The van der Waals surface area contributed by atoms with Crippen LogP contribution >= 0.6 is 0 Å². The standard InChI is InChI=1S/C13H12FNO2/c1-7(2)12-9-4-3-8(14)5-11(9)15-6-10(12)13(16)17/h3-7H,1-2H3,(H,16,17). The zero-order valence-corrected chi connectivity index (χ0v) is 9.57. The lowest BCUT2D eigenvalue weighted by molar-refractivity contribution is 0.0695. The second-order valence-corrected chi connectivity index (χ2v) is 4.21. The summed E-state index contributed by atoms with van der Waals surface area (Å²) < 4.78 is 13.1. The van der Waals surface area contributed by atoms with Gasteiger partial charge in [0.2, 0.25) is 0 Å². The molecular weight excluding hydrogens is 221 g/mol. The Balaban J connectivity index is 2.84. The van der Waals surface area contributed by atoms with E-state index in [2.05, 4.69) is 4.98 Å². The van der Waals surface area contributed by atoms with E-state index in [0.717, 1.165) is 0 Å². The maximum atomic E-state index is 13.1. The minimum atomic E-state index is -1.01. The van der Waals surface area contributed by atoms with Gasteiger partial charge in [-0.3, -0.25) is 4.98 Å². The number of aromatic carboxylic acids is 1. The van der Waals surface area contributed by atoms with Crippen molar-refractivity contribution in [2.45, 2.75) is 19.8 Å². The molecule has 1 aromatic carbocycles. The number of hydrogen-bond donors (Lipinski definition) is 1. The number of aromatic nitrogens is 1. The van der Waals surface area contributed by atoms with E-state index in [0.29, 0.717) is 16.5 Å². The summed E-state index contributed by atoms with van der Waals surface area (Å²) in [6.45, 7) is 3.81. The van der Waals surface area contributed by atoms with Crippen LogP contribution in [0.1, 0.15) is 35.7 Å². The minimum Gasteiger partial charge on any atom is -0.478 e. The van der Waals surface area contributed by atoms with Gasteiger partial charge < -0.3 is 5.11 Å². The Bertz CT molecular complexity index is 593. The molecule has 4 heteroatoms. The highest BCUT2D eigenvalue weighted by molar-refractivity contribution is 5.96. The Morgan fingerprint density at radius 1 is 1.41 bits per heavy atom. The number of pyridine rings is 1. The van der Waals surface area contributed by atoms with Crippen molar-refractivity contribution in [2.75, 3.05) is 0 Å². The summed E-state index contributed by atoms with van der Waals surface area (Å²) >= 11 is 0. The van der Waals surface area contributed by atoms with Crippen LogP contribution in [-0.2, 0) is 0 Å². The summed E-state index contributed by atoms with van der Waals surface area (Å²) in [6, 6.07) is 4.22. The first-order chi connectivity index (χ1) is 8.00. The van der Waals surface area contributed by atoms with Crippen LogP contribution in [0, 0.1) is 5.82 Å². The molecule has 0 aliphatic heterocycles. The van der Waals surface area contributed by atoms with E-state index in [1.54, 1.807) is 6.07 Å². The molecule has 0 atom stereocenters. The quantitative estimate of drug-likeness (QED) is 0.866. The topological polar surface area (TPSA) is 50.2 Å². The molecule has 0 aliphatic carbocycles. The number of nitrogens with zero attached hydrogens (tertiary/aromatic N) is 1. The second kappa shape index (κ2) is 4.13. The number of hydrogen-bond acceptors (Lipinski definition) is 2. The van der Waals surface area contributed by atoms with Gasteiger partial charge >= 0.3 is 5.97 Å². The average molecular weight is 233 g/mol. The highest BCUT2D eigenvalue weighted by Gasteiger charge is 2.17. The summed E-state index contributed by atoms with van der Waals surface area (Å²) in [5, 5.41) is 9.81. The number of carboxylic acids is 1. The van der Waals surface area contributed by atoms with Crippen LogP contribution in [-0.4, -0.2) is 16.1 Å². The van der Waals surface area contributed by atoms with Crippen molar-refractivity contribution in [2.24, 2.45) is 0 Å². The van der Waals surface area contributed by atoms with E-state index in [1.165, 1.54) is 18.3 Å². The molecule has 0 amide bonds. The van der Waals surface area contributed by atoms with Gasteiger partial charge in [0.05, 0.1) is 11.1 Å². The van der Waals surface area contributed by atoms with Crippen molar-refractivity contribution >= 4 is 16.9 Å². The zero-order chi connectivity index (χ0) is 12.6. The van der Waals surface area contributed by atoms with Crippen LogP contribution in [0.15, 0.2) is 24.4 Å². The van der Waals surface area contributed by atoms with Crippen molar-refractivity contribution in [3.05, 3.63) is 41.3 Å². The molecule has 0 aliphatic rings. The van der Waals surface area contributed by atoms with Crippen LogP contribution in [0.5, 0.6) is 0 Å². The van der Waals surface area contributed by atoms with E-state index in [4.69, 9.17) is 5.11 Å². The fourth-order valence-corrected chi connectivity index (χ4v) is 1.98. The molecule has 0 radical (unpaired) electrons. The number of halogens is 1. The molecule has 3 nitrogen and oxygen atoms in total. The highest BCUT2D eigenvalue weighted by atomic mass is 19.1. The van der Waals surface area contributed by atoms with Gasteiger partial charge in [-0.25, -0.2) is 9.18 Å². The minimum absolute atomic E-state index is 0.0389. The molecule has 0 fully saturated rings. The van der Waals surface area contributed by atoms with Crippen molar-refractivity contribution in [1.82, 2.24) is 4.98 Å². The van der Waals surface area contributed by atoms with Crippen LogP contribution < -0.4 is 0 Å². The maximum Gasteiger partial charge on any atom is 0.337 e. The summed E-state index contributed by atoms with van der Waals surface area (Å²) in [5.41, 5.74) is 1.36. The van der Waals surface area contributed by atoms with Crippen molar-refractivity contribution in [1.29, 1.82) is 0 Å². The predicted octanol–water partition coefficient (Wildman–Crippen LogP) is 3.20. The Labute approximate surface area is 97.9 Å². The normalized spacial score (nSPS) is 11.1. The molecule has 17 heavy (non-hydrogen) atoms. The summed E-state index contributed by atoms with van der Waals surface area (Å²) in [5.74, 6) is -1.34. The lowest BCUT2D eigenvalue weighted by atomic mass is 9.94. The third kappa shape index (κ3) is 1.98. The fourth-order valence-electron chi connectivity index (χ4n) is 1.98. The zero-order valence-electron chi connectivity index (χ0n) is 9.57. The van der Waals surface area contributed by atoms with E-state index < -0.39 is 5.97 Å². The van der Waals surface area contributed by atoms with Gasteiger partial charge in [0, 0.05) is 17.6 Å². The predicted molar refractivity (Wildman–Crippen MR) is 62.7 cm³/mol. The summed E-state index contributed by atoms with van der Waals surface area (Å²) in [7, 11) is 0. The SMILES string of the molecule is CC(C)c1c(C(=O)O)cnc2cc(F)ccc12. The summed E-state index contributed by atoms with van der Waals surface area (Å²) in [4.78, 5) is 15.1. The van der Waals surface area contributed by atoms with Gasteiger partial charge in [-0.2, -0.15) is 0 Å². The van der Waals surface area contributed by atoms with E-state index in [-0.39, 0.29) is 17.3 Å². The third-order valence-electron chi connectivity index (χ3n) is 2.68.